The zero-order chi connectivity index (χ0) is 18.0. The summed E-state index contributed by atoms with van der Waals surface area (Å²) in [6.07, 6.45) is 4.35. The number of rotatable bonds is 4. The Morgan fingerprint density at radius 1 is 1.24 bits per heavy atom. The molecule has 0 aliphatic carbocycles. The number of fused-ring (bicyclic) bond motifs is 1. The first-order valence-corrected chi connectivity index (χ1v) is 10.2. The van der Waals surface area contributed by atoms with E-state index in [1.807, 2.05) is 18.3 Å². The molecule has 1 aliphatic rings. The number of aliphatic imine (C=N–C) groups is 1. The van der Waals surface area contributed by atoms with E-state index >= 15 is 0 Å². The van der Waals surface area contributed by atoms with Crippen LogP contribution in [0, 0.1) is 3.57 Å². The van der Waals surface area contributed by atoms with Crippen LogP contribution in [0.25, 0.3) is 0 Å². The van der Waals surface area contributed by atoms with Crippen LogP contribution in [0.4, 0.5) is 11.4 Å². The predicted molar refractivity (Wildman–Crippen MR) is 118 cm³/mol. The second-order valence-corrected chi connectivity index (χ2v) is 8.87. The minimum Gasteiger partial charge on any atom is -0.366 e. The van der Waals surface area contributed by atoms with Crippen LogP contribution in [0.5, 0.6) is 0 Å². The molecule has 2 aromatic rings. The fraction of sp³-hybridized carbons (Fsp3) is 0.409. The molecule has 0 amide bonds. The molecule has 3 heteroatoms. The Labute approximate surface area is 165 Å². The van der Waals surface area contributed by atoms with Crippen molar-refractivity contribution in [2.24, 2.45) is 4.99 Å². The molecule has 0 N–H and O–H groups in total. The van der Waals surface area contributed by atoms with E-state index in [9.17, 15) is 0 Å². The average molecular weight is 446 g/mol. The molecular formula is C22H27IN2. The van der Waals surface area contributed by atoms with Crippen LogP contribution in [0.3, 0.4) is 0 Å². The Bertz CT molecular complexity index is 779. The van der Waals surface area contributed by atoms with Gasteiger partial charge in [0, 0.05) is 27.6 Å². The minimum absolute atomic E-state index is 0.221. The van der Waals surface area contributed by atoms with Gasteiger partial charge in [-0.3, -0.25) is 4.99 Å². The van der Waals surface area contributed by atoms with E-state index in [1.54, 1.807) is 0 Å². The van der Waals surface area contributed by atoms with E-state index in [4.69, 9.17) is 0 Å². The molecule has 1 unspecified atom stereocenters. The third kappa shape index (κ3) is 4.08. The summed E-state index contributed by atoms with van der Waals surface area (Å²) in [5.41, 5.74) is 5.27. The van der Waals surface area contributed by atoms with E-state index in [1.165, 1.54) is 33.2 Å². The van der Waals surface area contributed by atoms with Gasteiger partial charge in [0.1, 0.15) is 0 Å². The second kappa shape index (κ2) is 7.48. The van der Waals surface area contributed by atoms with Crippen molar-refractivity contribution < 1.29 is 0 Å². The topological polar surface area (TPSA) is 15.6 Å². The zero-order valence-corrected chi connectivity index (χ0v) is 17.7. The van der Waals surface area contributed by atoms with E-state index in [0.29, 0.717) is 5.92 Å². The molecule has 3 rings (SSSR count). The van der Waals surface area contributed by atoms with Crippen molar-refractivity contribution in [3.8, 4) is 0 Å². The molecule has 0 aromatic heterocycles. The van der Waals surface area contributed by atoms with Crippen molar-refractivity contribution >= 4 is 40.2 Å². The van der Waals surface area contributed by atoms with Gasteiger partial charge in [0.25, 0.3) is 0 Å². The van der Waals surface area contributed by atoms with Gasteiger partial charge >= 0.3 is 0 Å². The molecule has 132 valence electrons. The summed E-state index contributed by atoms with van der Waals surface area (Å²) >= 11 is 2.32. The molecule has 2 nitrogen and oxygen atoms in total. The summed E-state index contributed by atoms with van der Waals surface area (Å²) in [5, 5.41) is 0. The molecule has 1 atom stereocenters. The molecule has 0 fully saturated rings. The van der Waals surface area contributed by atoms with Crippen molar-refractivity contribution in [3.05, 3.63) is 57.2 Å². The van der Waals surface area contributed by atoms with Gasteiger partial charge in [0.05, 0.1) is 5.69 Å². The van der Waals surface area contributed by atoms with Gasteiger partial charge in [0.2, 0.25) is 0 Å². The lowest BCUT2D eigenvalue weighted by Gasteiger charge is -2.47. The summed E-state index contributed by atoms with van der Waals surface area (Å²) in [5.74, 6) is 0.573. The van der Waals surface area contributed by atoms with Crippen LogP contribution in [0.15, 0.2) is 47.5 Å². The third-order valence-corrected chi connectivity index (χ3v) is 5.70. The van der Waals surface area contributed by atoms with Gasteiger partial charge in [-0.25, -0.2) is 0 Å². The van der Waals surface area contributed by atoms with Gasteiger partial charge in [-0.2, -0.15) is 0 Å². The number of anilines is 1. The van der Waals surface area contributed by atoms with Gasteiger partial charge in [-0.05, 0) is 96.7 Å². The summed E-state index contributed by atoms with van der Waals surface area (Å²) in [4.78, 5) is 7.24. The Morgan fingerprint density at radius 2 is 2.04 bits per heavy atom. The van der Waals surface area contributed by atoms with Crippen LogP contribution in [0.2, 0.25) is 0 Å². The fourth-order valence-electron chi connectivity index (χ4n) is 3.94. The van der Waals surface area contributed by atoms with Gasteiger partial charge < -0.3 is 4.90 Å². The first-order chi connectivity index (χ1) is 11.9. The summed E-state index contributed by atoms with van der Waals surface area (Å²) < 4.78 is 1.21. The molecule has 1 aliphatic heterocycles. The summed E-state index contributed by atoms with van der Waals surface area (Å²) in [7, 11) is 0. The highest BCUT2D eigenvalue weighted by Crippen LogP contribution is 2.43. The second-order valence-electron chi connectivity index (χ2n) is 7.63. The monoisotopic (exact) mass is 446 g/mol. The van der Waals surface area contributed by atoms with Crippen LogP contribution in [-0.4, -0.2) is 18.3 Å². The molecule has 0 saturated carbocycles. The lowest BCUT2D eigenvalue weighted by Crippen LogP contribution is -2.48. The first kappa shape index (κ1) is 18.4. The fourth-order valence-corrected chi connectivity index (χ4v) is 4.47. The predicted octanol–water partition coefficient (Wildman–Crippen LogP) is 6.54. The minimum atomic E-state index is 0.221. The number of hydrogen-bond donors (Lipinski definition) is 0. The smallest absolute Gasteiger partial charge is 0.0640 e. The quantitative estimate of drug-likeness (QED) is 0.385. The normalized spacial score (nSPS) is 19.2. The largest absolute Gasteiger partial charge is 0.366 e. The SMILES string of the molecule is CCCN1c2ccc(C=Nc3cccc(I)c3)cc2C(C)CC1(C)C. The highest BCUT2D eigenvalue weighted by atomic mass is 127. The van der Waals surface area contributed by atoms with E-state index in [-0.39, 0.29) is 5.54 Å². The number of nitrogens with zero attached hydrogens (tertiary/aromatic N) is 2. The Kier molecular flexibility index (Phi) is 5.52. The van der Waals surface area contributed by atoms with Crippen molar-refractivity contribution in [2.75, 3.05) is 11.4 Å². The molecule has 25 heavy (non-hydrogen) atoms. The third-order valence-electron chi connectivity index (χ3n) is 5.03. The molecule has 0 spiro atoms. The Balaban J connectivity index is 1.92. The lowest BCUT2D eigenvalue weighted by atomic mass is 9.79. The van der Waals surface area contributed by atoms with Gasteiger partial charge in [-0.1, -0.05) is 26.0 Å². The molecule has 1 heterocycles. The molecule has 2 aromatic carbocycles. The van der Waals surface area contributed by atoms with E-state index in [0.717, 1.165) is 12.2 Å². The first-order valence-electron chi connectivity index (χ1n) is 9.12. The van der Waals surface area contributed by atoms with Crippen molar-refractivity contribution in [1.82, 2.24) is 0 Å². The van der Waals surface area contributed by atoms with Crippen LogP contribution in [-0.2, 0) is 0 Å². The summed E-state index contributed by atoms with van der Waals surface area (Å²) in [6.45, 7) is 10.5. The zero-order valence-electron chi connectivity index (χ0n) is 15.6. The Hall–Kier alpha value is -1.36. The van der Waals surface area contributed by atoms with E-state index in [2.05, 4.69) is 90.5 Å². The number of hydrogen-bond acceptors (Lipinski definition) is 2. The highest BCUT2D eigenvalue weighted by Gasteiger charge is 2.35. The number of halogens is 1. The molecular weight excluding hydrogens is 419 g/mol. The molecule has 0 bridgehead atoms. The summed E-state index contributed by atoms with van der Waals surface area (Å²) in [6, 6.07) is 15.1. The van der Waals surface area contributed by atoms with Crippen molar-refractivity contribution in [2.45, 2.75) is 52.0 Å². The molecule has 0 saturated heterocycles. The highest BCUT2D eigenvalue weighted by molar-refractivity contribution is 14.1. The van der Waals surface area contributed by atoms with Crippen molar-refractivity contribution in [3.63, 3.8) is 0 Å². The number of benzene rings is 2. The molecule has 0 radical (unpaired) electrons. The maximum atomic E-state index is 4.65. The van der Waals surface area contributed by atoms with E-state index < -0.39 is 0 Å². The van der Waals surface area contributed by atoms with Crippen LogP contribution < -0.4 is 4.90 Å². The van der Waals surface area contributed by atoms with Crippen LogP contribution in [0.1, 0.15) is 57.6 Å². The maximum absolute atomic E-state index is 4.65. The Morgan fingerprint density at radius 3 is 2.76 bits per heavy atom. The van der Waals surface area contributed by atoms with Gasteiger partial charge in [0.15, 0.2) is 0 Å². The van der Waals surface area contributed by atoms with Gasteiger partial charge in [-0.15, -0.1) is 0 Å². The lowest BCUT2D eigenvalue weighted by molar-refractivity contribution is 0.376. The van der Waals surface area contributed by atoms with Crippen molar-refractivity contribution in [1.29, 1.82) is 0 Å². The van der Waals surface area contributed by atoms with Crippen LogP contribution >= 0.6 is 22.6 Å². The maximum Gasteiger partial charge on any atom is 0.0640 e. The standard InChI is InChI=1S/C22H27IN2/c1-5-11-25-21-10-9-17(12-20(21)16(2)14-22(25,3)4)15-24-19-8-6-7-18(23)13-19/h6-10,12-13,15-16H,5,11,14H2,1-4H3. The average Bonchev–Trinajstić information content (AvgIpc) is 2.56.